The van der Waals surface area contributed by atoms with Crippen LogP contribution >= 0.6 is 0 Å². The Morgan fingerprint density at radius 2 is 1.80 bits per heavy atom. The highest BCUT2D eigenvalue weighted by Crippen LogP contribution is 2.39. The number of aliphatic hydroxyl groups is 1. The van der Waals surface area contributed by atoms with Crippen molar-refractivity contribution in [3.63, 3.8) is 0 Å². The summed E-state index contributed by atoms with van der Waals surface area (Å²) in [7, 11) is 0. The second kappa shape index (κ2) is 7.59. The molecule has 0 spiro atoms. The van der Waals surface area contributed by atoms with E-state index in [0.717, 1.165) is 6.42 Å². The van der Waals surface area contributed by atoms with Crippen molar-refractivity contribution < 1.29 is 28.9 Å². The van der Waals surface area contributed by atoms with E-state index in [1.165, 1.54) is 0 Å². The highest BCUT2D eigenvalue weighted by atomic mass is 16.6. The molecule has 0 saturated carbocycles. The minimum atomic E-state index is -1.64. The van der Waals surface area contributed by atoms with E-state index in [1.54, 1.807) is 13.8 Å². The first-order chi connectivity index (χ1) is 9.50. The molecule has 1 saturated heterocycles. The van der Waals surface area contributed by atoms with Gasteiger partial charge in [0.15, 0.2) is 5.79 Å². The van der Waals surface area contributed by atoms with Crippen molar-refractivity contribution in [2.45, 2.75) is 45.8 Å². The van der Waals surface area contributed by atoms with Gasteiger partial charge in [0, 0.05) is 6.42 Å². The molecule has 0 bridgehead atoms. The number of rotatable bonds is 7. The van der Waals surface area contributed by atoms with Crippen LogP contribution in [0.3, 0.4) is 0 Å². The van der Waals surface area contributed by atoms with Crippen LogP contribution in [0, 0.1) is 11.8 Å². The predicted octanol–water partition coefficient (Wildman–Crippen LogP) is 1.25. The van der Waals surface area contributed by atoms with E-state index >= 15 is 0 Å². The summed E-state index contributed by atoms with van der Waals surface area (Å²) < 4.78 is 15.3. The van der Waals surface area contributed by atoms with Gasteiger partial charge in [0.05, 0.1) is 25.7 Å². The van der Waals surface area contributed by atoms with Gasteiger partial charge in [-0.1, -0.05) is 13.3 Å². The van der Waals surface area contributed by atoms with Crippen molar-refractivity contribution in [2.24, 2.45) is 11.8 Å². The predicted molar refractivity (Wildman–Crippen MR) is 70.7 cm³/mol. The van der Waals surface area contributed by atoms with Crippen molar-refractivity contribution in [1.82, 2.24) is 0 Å². The summed E-state index contributed by atoms with van der Waals surface area (Å²) in [6, 6.07) is 0. The van der Waals surface area contributed by atoms with E-state index in [0.29, 0.717) is 12.8 Å². The molecule has 1 aliphatic heterocycles. The molecule has 6 heteroatoms. The molecule has 1 N–H and O–H groups in total. The van der Waals surface area contributed by atoms with E-state index in [-0.39, 0.29) is 19.8 Å². The summed E-state index contributed by atoms with van der Waals surface area (Å²) in [5.74, 6) is -4.61. The summed E-state index contributed by atoms with van der Waals surface area (Å²) in [5.41, 5.74) is 0. The second-order valence-corrected chi connectivity index (χ2v) is 4.85. The van der Waals surface area contributed by atoms with Crippen LogP contribution in [0.15, 0.2) is 0 Å². The Balaban J connectivity index is 2.91. The van der Waals surface area contributed by atoms with Gasteiger partial charge in [-0.3, -0.25) is 9.59 Å². The Hall–Kier alpha value is -1.14. The Kier molecular flexibility index (Phi) is 6.42. The Bertz CT molecular complexity index is 343. The summed E-state index contributed by atoms with van der Waals surface area (Å²) in [6.07, 6.45) is 1.84. The number of hydrogen-bond acceptors (Lipinski definition) is 6. The molecular weight excluding hydrogens is 264 g/mol. The molecule has 20 heavy (non-hydrogen) atoms. The lowest BCUT2D eigenvalue weighted by Gasteiger charge is -2.28. The van der Waals surface area contributed by atoms with Crippen LogP contribution in [-0.2, 0) is 23.8 Å². The molecule has 0 aromatic heterocycles. The van der Waals surface area contributed by atoms with E-state index < -0.39 is 29.6 Å². The third kappa shape index (κ3) is 3.70. The van der Waals surface area contributed by atoms with E-state index in [2.05, 4.69) is 0 Å². The average molecular weight is 288 g/mol. The fraction of sp³-hybridized carbons (Fsp3) is 0.857. The number of unbranched alkanes of at least 4 members (excludes halogenated alkanes) is 1. The smallest absolute Gasteiger partial charge is 0.315 e. The first-order valence-electron chi connectivity index (χ1n) is 7.19. The highest BCUT2D eigenvalue weighted by Gasteiger charge is 2.56. The number of carbonyl (C=O) groups excluding carboxylic acids is 2. The van der Waals surface area contributed by atoms with Crippen LogP contribution in [-0.4, -0.2) is 42.7 Å². The van der Waals surface area contributed by atoms with Crippen LogP contribution in [0.2, 0.25) is 0 Å². The minimum Gasteiger partial charge on any atom is -0.466 e. The number of esters is 2. The van der Waals surface area contributed by atoms with Gasteiger partial charge in [0.2, 0.25) is 0 Å². The Morgan fingerprint density at radius 3 is 2.35 bits per heavy atom. The molecule has 3 atom stereocenters. The number of ether oxygens (including phenoxy) is 3. The van der Waals surface area contributed by atoms with Gasteiger partial charge in [-0.25, -0.2) is 0 Å². The highest BCUT2D eigenvalue weighted by molar-refractivity contribution is 5.83. The van der Waals surface area contributed by atoms with Crippen molar-refractivity contribution in [1.29, 1.82) is 0 Å². The molecule has 0 aromatic carbocycles. The van der Waals surface area contributed by atoms with Gasteiger partial charge in [-0.05, 0) is 20.3 Å². The summed E-state index contributed by atoms with van der Waals surface area (Å²) in [5, 5.41) is 10.5. The number of carbonyl (C=O) groups is 2. The molecule has 0 aliphatic carbocycles. The van der Waals surface area contributed by atoms with Crippen molar-refractivity contribution in [2.75, 3.05) is 19.8 Å². The standard InChI is InChI=1S/C14H24O6/c1-4-7-8-14(17)11(13(16)19-6-3)10(9-20-14)12(15)18-5-2/h10-11,17H,4-9H2,1-3H3/t10-,11-,14?/m0/s1. The quantitative estimate of drug-likeness (QED) is 0.710. The molecule has 1 rings (SSSR count). The van der Waals surface area contributed by atoms with Crippen molar-refractivity contribution in [3.8, 4) is 0 Å². The van der Waals surface area contributed by atoms with Gasteiger partial charge in [0.1, 0.15) is 5.92 Å². The molecule has 0 aromatic rings. The van der Waals surface area contributed by atoms with Crippen LogP contribution in [0.5, 0.6) is 0 Å². The maximum absolute atomic E-state index is 12.1. The SMILES string of the molecule is CCCCC1(O)OC[C@H](C(=O)OCC)[C@H]1C(=O)OCC. The fourth-order valence-corrected chi connectivity index (χ4v) is 2.43. The zero-order valence-corrected chi connectivity index (χ0v) is 12.4. The van der Waals surface area contributed by atoms with Crippen molar-refractivity contribution >= 4 is 11.9 Å². The Morgan fingerprint density at radius 1 is 1.20 bits per heavy atom. The van der Waals surface area contributed by atoms with Crippen LogP contribution in [0.25, 0.3) is 0 Å². The lowest BCUT2D eigenvalue weighted by Crippen LogP contribution is -2.44. The molecular formula is C14H24O6. The molecule has 1 unspecified atom stereocenters. The maximum Gasteiger partial charge on any atom is 0.315 e. The minimum absolute atomic E-state index is 0.0253. The molecule has 1 fully saturated rings. The molecule has 0 radical (unpaired) electrons. The zero-order chi connectivity index (χ0) is 15.2. The monoisotopic (exact) mass is 288 g/mol. The second-order valence-electron chi connectivity index (χ2n) is 4.85. The summed E-state index contributed by atoms with van der Waals surface area (Å²) in [4.78, 5) is 24.0. The molecule has 0 amide bonds. The van der Waals surface area contributed by atoms with Gasteiger partial charge >= 0.3 is 11.9 Å². The fourth-order valence-electron chi connectivity index (χ4n) is 2.43. The van der Waals surface area contributed by atoms with E-state index in [1.807, 2.05) is 6.92 Å². The lowest BCUT2D eigenvalue weighted by atomic mass is 9.85. The summed E-state index contributed by atoms with van der Waals surface area (Å²) in [6.45, 7) is 5.73. The number of hydrogen-bond donors (Lipinski definition) is 1. The molecule has 6 nitrogen and oxygen atoms in total. The van der Waals surface area contributed by atoms with Crippen LogP contribution in [0.4, 0.5) is 0 Å². The first-order valence-corrected chi connectivity index (χ1v) is 7.19. The van der Waals surface area contributed by atoms with Gasteiger partial charge < -0.3 is 19.3 Å². The topological polar surface area (TPSA) is 82.1 Å². The Labute approximate surface area is 119 Å². The van der Waals surface area contributed by atoms with Crippen LogP contribution < -0.4 is 0 Å². The lowest BCUT2D eigenvalue weighted by molar-refractivity contribution is -0.210. The summed E-state index contributed by atoms with van der Waals surface area (Å²) >= 11 is 0. The third-order valence-corrected chi connectivity index (χ3v) is 3.42. The zero-order valence-electron chi connectivity index (χ0n) is 12.4. The van der Waals surface area contributed by atoms with Gasteiger partial charge in [-0.2, -0.15) is 0 Å². The first kappa shape index (κ1) is 16.9. The van der Waals surface area contributed by atoms with Crippen molar-refractivity contribution in [3.05, 3.63) is 0 Å². The molecule has 116 valence electrons. The van der Waals surface area contributed by atoms with E-state index in [9.17, 15) is 14.7 Å². The van der Waals surface area contributed by atoms with Crippen LogP contribution in [0.1, 0.15) is 40.0 Å². The molecule has 1 heterocycles. The molecule has 1 aliphatic rings. The largest absolute Gasteiger partial charge is 0.466 e. The van der Waals surface area contributed by atoms with Gasteiger partial charge in [-0.15, -0.1) is 0 Å². The third-order valence-electron chi connectivity index (χ3n) is 3.42. The normalized spacial score (nSPS) is 29.2. The van der Waals surface area contributed by atoms with E-state index in [4.69, 9.17) is 14.2 Å². The maximum atomic E-state index is 12.1. The average Bonchev–Trinajstić information content (AvgIpc) is 2.75. The van der Waals surface area contributed by atoms with Gasteiger partial charge in [0.25, 0.3) is 0 Å².